The number of carbonyl (C=O) groups is 2. The second-order valence-electron chi connectivity index (χ2n) is 9.54. The molecule has 0 unspecified atom stereocenters. The van der Waals surface area contributed by atoms with E-state index in [1.54, 1.807) is 24.2 Å². The van der Waals surface area contributed by atoms with Gasteiger partial charge in [0.2, 0.25) is 0 Å². The van der Waals surface area contributed by atoms with Crippen molar-refractivity contribution in [2.75, 3.05) is 11.5 Å². The molecule has 0 atom stereocenters. The van der Waals surface area contributed by atoms with E-state index in [4.69, 9.17) is 9.47 Å². The van der Waals surface area contributed by atoms with Gasteiger partial charge in [-0.15, -0.1) is 0 Å². The molecule has 0 fully saturated rings. The Balaban J connectivity index is 1.80. The van der Waals surface area contributed by atoms with Gasteiger partial charge < -0.3 is 13.9 Å². The lowest BCUT2D eigenvalue weighted by molar-refractivity contribution is 0.0518. The third-order valence-corrected chi connectivity index (χ3v) is 6.26. The molecule has 4 rings (SSSR count). The number of thiazole rings is 1. The van der Waals surface area contributed by atoms with E-state index in [-0.39, 0.29) is 18.3 Å². The number of fused-ring (bicyclic) bond motifs is 1. The van der Waals surface area contributed by atoms with Crippen molar-refractivity contribution in [2.45, 2.75) is 53.2 Å². The number of pyridine rings is 1. The van der Waals surface area contributed by atoms with Crippen molar-refractivity contribution in [1.29, 1.82) is 0 Å². The van der Waals surface area contributed by atoms with Crippen LogP contribution in [0.5, 0.6) is 0 Å². The molecule has 36 heavy (non-hydrogen) atoms. The molecule has 0 spiro atoms. The average molecular weight is 507 g/mol. The minimum Gasteiger partial charge on any atom is -0.461 e. The van der Waals surface area contributed by atoms with Crippen molar-refractivity contribution < 1.29 is 19.1 Å². The fourth-order valence-corrected chi connectivity index (χ4v) is 4.72. The van der Waals surface area contributed by atoms with Gasteiger partial charge in [0, 0.05) is 35.8 Å². The third kappa shape index (κ3) is 5.41. The summed E-state index contributed by atoms with van der Waals surface area (Å²) >= 11 is 1.40. The van der Waals surface area contributed by atoms with Gasteiger partial charge in [-0.2, -0.15) is 0 Å². The van der Waals surface area contributed by atoms with Crippen LogP contribution >= 0.6 is 11.3 Å². The maximum Gasteiger partial charge on any atom is 0.416 e. The average Bonchev–Trinajstić information content (AvgIpc) is 3.45. The van der Waals surface area contributed by atoms with Crippen LogP contribution in [-0.4, -0.2) is 44.7 Å². The summed E-state index contributed by atoms with van der Waals surface area (Å²) in [7, 11) is 0. The summed E-state index contributed by atoms with van der Waals surface area (Å²) in [5, 5.41) is 0.549. The molecular formula is C27H30N4O4S. The van der Waals surface area contributed by atoms with Crippen molar-refractivity contribution in [2.24, 2.45) is 0 Å². The number of aromatic nitrogens is 3. The Bertz CT molecular complexity index is 1390. The number of amides is 1. The first-order valence-corrected chi connectivity index (χ1v) is 12.6. The smallest absolute Gasteiger partial charge is 0.416 e. The van der Waals surface area contributed by atoms with Gasteiger partial charge in [0.05, 0.1) is 11.5 Å². The number of carbonyl (C=O) groups excluding carboxylic acids is 2. The van der Waals surface area contributed by atoms with Crippen LogP contribution in [0.3, 0.4) is 0 Å². The lowest BCUT2D eigenvalue weighted by Crippen LogP contribution is -2.41. The zero-order chi connectivity index (χ0) is 26.0. The SMILES string of the molecule is CCOC(=O)c1cn2cc(-c3cnc(N(C(=O)OC(C)(C)C)C(C)C)s3)cc(-c3ccccc3)c2n1. The van der Waals surface area contributed by atoms with Crippen LogP contribution in [-0.2, 0) is 9.47 Å². The zero-order valence-corrected chi connectivity index (χ0v) is 22.1. The number of esters is 1. The number of hydrogen-bond donors (Lipinski definition) is 0. The predicted molar refractivity (Wildman–Crippen MR) is 142 cm³/mol. The Kier molecular flexibility index (Phi) is 7.12. The highest BCUT2D eigenvalue weighted by molar-refractivity contribution is 7.19. The molecule has 0 bridgehead atoms. The molecular weight excluding hydrogens is 476 g/mol. The molecule has 188 valence electrons. The highest BCUT2D eigenvalue weighted by Crippen LogP contribution is 2.36. The molecule has 0 saturated carbocycles. The van der Waals surface area contributed by atoms with Gasteiger partial charge in [-0.1, -0.05) is 41.7 Å². The summed E-state index contributed by atoms with van der Waals surface area (Å²) in [6, 6.07) is 11.8. The van der Waals surface area contributed by atoms with Gasteiger partial charge in [-0.05, 0) is 53.2 Å². The van der Waals surface area contributed by atoms with Crippen molar-refractivity contribution in [3.05, 3.63) is 60.7 Å². The van der Waals surface area contributed by atoms with E-state index in [0.29, 0.717) is 10.8 Å². The molecule has 0 aliphatic heterocycles. The number of ether oxygens (including phenoxy) is 2. The van der Waals surface area contributed by atoms with Gasteiger partial charge in [0.1, 0.15) is 11.2 Å². The summed E-state index contributed by atoms with van der Waals surface area (Å²) in [6.07, 6.45) is 4.89. The van der Waals surface area contributed by atoms with E-state index in [1.807, 2.05) is 81.6 Å². The molecule has 1 aromatic carbocycles. The number of imidazole rings is 1. The number of nitrogens with zero attached hydrogens (tertiary/aromatic N) is 4. The first kappa shape index (κ1) is 25.4. The van der Waals surface area contributed by atoms with Crippen molar-refractivity contribution >= 4 is 34.2 Å². The van der Waals surface area contributed by atoms with Gasteiger partial charge >= 0.3 is 12.1 Å². The molecule has 1 amide bonds. The minimum atomic E-state index is -0.613. The van der Waals surface area contributed by atoms with Crippen LogP contribution < -0.4 is 4.90 Å². The number of benzene rings is 1. The zero-order valence-electron chi connectivity index (χ0n) is 21.3. The van der Waals surface area contributed by atoms with Crippen molar-refractivity contribution in [3.8, 4) is 21.6 Å². The summed E-state index contributed by atoms with van der Waals surface area (Å²) in [4.78, 5) is 36.8. The third-order valence-electron chi connectivity index (χ3n) is 5.21. The Hall–Kier alpha value is -3.72. The van der Waals surface area contributed by atoms with Crippen LogP contribution in [0.4, 0.5) is 9.93 Å². The largest absolute Gasteiger partial charge is 0.461 e. The molecule has 8 nitrogen and oxygen atoms in total. The molecule has 0 radical (unpaired) electrons. The molecule has 0 N–H and O–H groups in total. The summed E-state index contributed by atoms with van der Waals surface area (Å²) in [6.45, 7) is 11.4. The lowest BCUT2D eigenvalue weighted by atomic mass is 10.0. The normalized spacial score (nSPS) is 11.6. The van der Waals surface area contributed by atoms with Gasteiger partial charge in [-0.3, -0.25) is 4.90 Å². The van der Waals surface area contributed by atoms with Crippen LogP contribution in [0.2, 0.25) is 0 Å². The van der Waals surface area contributed by atoms with Crippen molar-refractivity contribution in [3.63, 3.8) is 0 Å². The van der Waals surface area contributed by atoms with Gasteiger partial charge in [0.25, 0.3) is 0 Å². The van der Waals surface area contributed by atoms with E-state index in [0.717, 1.165) is 21.6 Å². The molecule has 4 aromatic rings. The van der Waals surface area contributed by atoms with Crippen LogP contribution in [0, 0.1) is 0 Å². The number of hydrogen-bond acceptors (Lipinski definition) is 7. The fourth-order valence-electron chi connectivity index (χ4n) is 3.70. The first-order chi connectivity index (χ1) is 17.1. The molecule has 0 saturated heterocycles. The topological polar surface area (TPSA) is 86.0 Å². The molecule has 0 aliphatic carbocycles. The Labute approximate surface area is 214 Å². The van der Waals surface area contributed by atoms with E-state index in [1.165, 1.54) is 11.3 Å². The lowest BCUT2D eigenvalue weighted by Gasteiger charge is -2.28. The van der Waals surface area contributed by atoms with E-state index >= 15 is 0 Å². The summed E-state index contributed by atoms with van der Waals surface area (Å²) in [5.74, 6) is -0.466. The highest BCUT2D eigenvalue weighted by Gasteiger charge is 2.28. The maximum absolute atomic E-state index is 12.9. The Morgan fingerprint density at radius 3 is 2.47 bits per heavy atom. The molecule has 0 aliphatic rings. The second-order valence-corrected chi connectivity index (χ2v) is 10.5. The fraction of sp³-hybridized carbons (Fsp3) is 0.333. The van der Waals surface area contributed by atoms with Gasteiger partial charge in [0.15, 0.2) is 10.8 Å². The monoisotopic (exact) mass is 506 g/mol. The number of rotatable bonds is 6. The predicted octanol–water partition coefficient (Wildman–Crippen LogP) is 6.45. The number of anilines is 1. The quantitative estimate of drug-likeness (QED) is 0.279. The Morgan fingerprint density at radius 2 is 1.83 bits per heavy atom. The molecule has 9 heteroatoms. The van der Waals surface area contributed by atoms with Crippen LogP contribution in [0.15, 0.2) is 55.0 Å². The first-order valence-electron chi connectivity index (χ1n) is 11.8. The van der Waals surface area contributed by atoms with Crippen LogP contribution in [0.1, 0.15) is 52.0 Å². The summed E-state index contributed by atoms with van der Waals surface area (Å²) in [5.41, 5.74) is 2.99. The maximum atomic E-state index is 12.9. The van der Waals surface area contributed by atoms with Crippen molar-refractivity contribution in [1.82, 2.24) is 14.4 Å². The van der Waals surface area contributed by atoms with E-state index in [2.05, 4.69) is 9.97 Å². The standard InChI is InChI=1S/C27H30N4O4S/c1-7-34-24(32)21-16-30-15-19(13-20(23(30)29-21)18-11-9-8-10-12-18)22-14-28-25(36-22)31(17(2)3)26(33)35-27(4,5)6/h8-17H,7H2,1-6H3. The van der Waals surface area contributed by atoms with E-state index < -0.39 is 17.7 Å². The highest BCUT2D eigenvalue weighted by atomic mass is 32.1. The Morgan fingerprint density at radius 1 is 1.11 bits per heavy atom. The minimum absolute atomic E-state index is 0.137. The van der Waals surface area contributed by atoms with E-state index in [9.17, 15) is 9.59 Å². The molecule has 3 aromatic heterocycles. The molecule has 3 heterocycles. The van der Waals surface area contributed by atoms with Gasteiger partial charge in [-0.25, -0.2) is 19.6 Å². The van der Waals surface area contributed by atoms with Crippen LogP contribution in [0.25, 0.3) is 27.2 Å². The summed E-state index contributed by atoms with van der Waals surface area (Å²) < 4.78 is 12.6. The second kappa shape index (κ2) is 10.1.